The van der Waals surface area contributed by atoms with Crippen molar-refractivity contribution in [1.82, 2.24) is 15.1 Å². The van der Waals surface area contributed by atoms with Crippen LogP contribution in [-0.4, -0.2) is 70.5 Å². The van der Waals surface area contributed by atoms with Crippen molar-refractivity contribution in [3.8, 4) is 17.6 Å². The summed E-state index contributed by atoms with van der Waals surface area (Å²) in [6, 6.07) is 16.2. The summed E-state index contributed by atoms with van der Waals surface area (Å²) >= 11 is 0. The first-order valence-electron chi connectivity index (χ1n) is 17.5. The molecule has 2 bridgehead atoms. The normalized spacial score (nSPS) is 20.7. The van der Waals surface area contributed by atoms with Gasteiger partial charge in [0.25, 0.3) is 0 Å². The number of carboxylic acids is 1. The molecule has 8 nitrogen and oxygen atoms in total. The van der Waals surface area contributed by atoms with Crippen LogP contribution in [0.25, 0.3) is 0 Å². The van der Waals surface area contributed by atoms with Gasteiger partial charge in [-0.2, -0.15) is 4.39 Å². The molecule has 3 aromatic rings. The van der Waals surface area contributed by atoms with Crippen LogP contribution < -0.4 is 10.1 Å². The van der Waals surface area contributed by atoms with Gasteiger partial charge in [0.05, 0.1) is 18.2 Å². The number of carbonyl (C=O) groups is 3. The van der Waals surface area contributed by atoms with Crippen LogP contribution in [0.5, 0.6) is 5.75 Å². The van der Waals surface area contributed by atoms with Crippen LogP contribution in [-0.2, 0) is 32.8 Å². The fraction of sp³-hybridized carbons (Fsp3) is 0.425. The van der Waals surface area contributed by atoms with Crippen molar-refractivity contribution in [3.63, 3.8) is 0 Å². The fourth-order valence-corrected chi connectivity index (χ4v) is 7.09. The van der Waals surface area contributed by atoms with Crippen LogP contribution in [0.2, 0.25) is 0 Å². The Hall–Kier alpha value is -4.82. The highest BCUT2D eigenvalue weighted by atomic mass is 19.2. The number of ether oxygens (including phenoxy) is 1. The molecule has 1 unspecified atom stereocenters. The first-order chi connectivity index (χ1) is 24.6. The Kier molecular flexibility index (Phi) is 11.0. The van der Waals surface area contributed by atoms with Crippen molar-refractivity contribution < 1.29 is 37.4 Å². The maximum Gasteiger partial charge on any atom is 0.303 e. The first kappa shape index (κ1) is 36.0. The maximum atomic E-state index is 14.9. The number of amides is 2. The number of carbonyl (C=O) groups excluding carboxylic acids is 2. The van der Waals surface area contributed by atoms with Gasteiger partial charge in [-0.3, -0.25) is 19.7 Å². The molecule has 1 saturated carbocycles. The van der Waals surface area contributed by atoms with Crippen molar-refractivity contribution in [2.24, 2.45) is 0 Å². The van der Waals surface area contributed by atoms with Gasteiger partial charge in [-0.25, -0.2) is 8.78 Å². The van der Waals surface area contributed by atoms with Gasteiger partial charge in [-0.15, -0.1) is 0 Å². The number of fused-ring (bicyclic) bond motifs is 2. The van der Waals surface area contributed by atoms with Gasteiger partial charge in [0.2, 0.25) is 17.6 Å². The van der Waals surface area contributed by atoms with E-state index in [4.69, 9.17) is 4.74 Å². The quantitative estimate of drug-likeness (QED) is 0.120. The summed E-state index contributed by atoms with van der Waals surface area (Å²) in [5.41, 5.74) is 2.96. The topological polar surface area (TPSA) is 99.2 Å². The molecule has 2 amide bonds. The molecule has 11 heteroatoms. The van der Waals surface area contributed by atoms with Gasteiger partial charge in [0, 0.05) is 38.4 Å². The molecule has 1 aliphatic carbocycles. The third-order valence-electron chi connectivity index (χ3n) is 9.93. The van der Waals surface area contributed by atoms with E-state index in [1.165, 1.54) is 0 Å². The van der Waals surface area contributed by atoms with E-state index in [9.17, 15) is 32.7 Å². The zero-order valence-electron chi connectivity index (χ0n) is 28.6. The number of nitrogens with one attached hydrogen (secondary N) is 1. The molecule has 51 heavy (non-hydrogen) atoms. The summed E-state index contributed by atoms with van der Waals surface area (Å²) in [5, 5.41) is 12.9. The van der Waals surface area contributed by atoms with Crippen LogP contribution in [0.3, 0.4) is 0 Å². The molecule has 3 aliphatic rings. The molecule has 2 N–H and O–H groups in total. The summed E-state index contributed by atoms with van der Waals surface area (Å²) in [6.07, 6.45) is 3.67. The number of aliphatic carboxylic acids is 1. The Morgan fingerprint density at radius 3 is 2.33 bits per heavy atom. The van der Waals surface area contributed by atoms with Crippen LogP contribution in [0, 0.1) is 36.2 Å². The van der Waals surface area contributed by atoms with Crippen molar-refractivity contribution in [2.45, 2.75) is 88.4 Å². The Labute approximate surface area is 296 Å². The zero-order valence-corrected chi connectivity index (χ0v) is 28.6. The predicted molar refractivity (Wildman–Crippen MR) is 184 cm³/mol. The van der Waals surface area contributed by atoms with Crippen molar-refractivity contribution in [1.29, 1.82) is 0 Å². The van der Waals surface area contributed by atoms with Gasteiger partial charge < -0.3 is 19.6 Å². The van der Waals surface area contributed by atoms with Crippen LogP contribution in [0.4, 0.5) is 13.2 Å². The monoisotopic (exact) mass is 701 g/mol. The highest BCUT2D eigenvalue weighted by Gasteiger charge is 2.56. The molecule has 3 aromatic carbocycles. The number of piperazine rings is 1. The number of rotatable bonds is 15. The third-order valence-corrected chi connectivity index (χ3v) is 9.93. The number of aryl methyl sites for hydroxylation is 2. The van der Waals surface area contributed by atoms with Crippen molar-refractivity contribution in [3.05, 3.63) is 100 Å². The minimum atomic E-state index is -1.36. The second-order valence-electron chi connectivity index (χ2n) is 13.7. The van der Waals surface area contributed by atoms with Crippen LogP contribution >= 0.6 is 0 Å². The molecule has 2 fully saturated rings. The van der Waals surface area contributed by atoms with E-state index in [-0.39, 0.29) is 62.7 Å². The molecule has 3 atom stereocenters. The molecule has 0 aromatic heterocycles. The highest BCUT2D eigenvalue weighted by Crippen LogP contribution is 2.40. The number of benzene rings is 3. The average molecular weight is 702 g/mol. The lowest BCUT2D eigenvalue weighted by molar-refractivity contribution is -0.154. The number of carboxylic acid groups (broad SMARTS) is 1. The molecule has 2 aliphatic heterocycles. The molecule has 268 valence electrons. The van der Waals surface area contributed by atoms with E-state index >= 15 is 0 Å². The van der Waals surface area contributed by atoms with Gasteiger partial charge in [-0.1, -0.05) is 65.9 Å². The van der Waals surface area contributed by atoms with Crippen LogP contribution in [0.1, 0.15) is 67.2 Å². The molecular formula is C40H42F3N3O5. The van der Waals surface area contributed by atoms with E-state index in [1.807, 2.05) is 36.1 Å². The summed E-state index contributed by atoms with van der Waals surface area (Å²) in [6.45, 7) is 2.71. The van der Waals surface area contributed by atoms with E-state index < -0.39 is 40.8 Å². The lowest BCUT2D eigenvalue weighted by Crippen LogP contribution is -2.73. The SMILES string of the molecule is Cc1ccc(CCN(C(=O)C2N(C(=O)CCCC(=O)O)C[C@@H]3C#CC[C@]2(c2ccc(CCCOc4c(F)ccc(F)c4F)cc2)N3)C2CC2)cc1. The van der Waals surface area contributed by atoms with Crippen molar-refractivity contribution in [2.75, 3.05) is 19.7 Å². The average Bonchev–Trinajstić information content (AvgIpc) is 3.96. The number of nitrogens with zero attached hydrogens (tertiary/aromatic N) is 2. The Morgan fingerprint density at radius 2 is 1.63 bits per heavy atom. The lowest BCUT2D eigenvalue weighted by Gasteiger charge is -2.53. The van der Waals surface area contributed by atoms with E-state index in [0.717, 1.165) is 41.2 Å². The minimum absolute atomic E-state index is 0.00351. The standard InChI is InChI=1S/C40H42F3N3O5/c1-26-9-11-28(12-10-26)21-23-45(31-17-18-31)39(50)38-40(22-3-6-30(44-40)25-46(38)34(47)7-2-8-35(48)49)29-15-13-27(14-16-29)5-4-24-51-37-33(42)20-19-32(41)36(37)43/h9-16,19-20,30-31,38,44H,2,4-5,7-8,17-18,21-25H2,1H3,(H,48,49)/t30-,38?,40+/m0/s1. The zero-order chi connectivity index (χ0) is 36.1. The van der Waals surface area contributed by atoms with Gasteiger partial charge in [-0.05, 0) is 74.3 Å². The fourth-order valence-electron chi connectivity index (χ4n) is 7.09. The Morgan fingerprint density at radius 1 is 0.941 bits per heavy atom. The third kappa shape index (κ3) is 8.23. The van der Waals surface area contributed by atoms with Gasteiger partial charge in [0.15, 0.2) is 17.4 Å². The highest BCUT2D eigenvalue weighted by molar-refractivity contribution is 5.90. The number of hydrogen-bond acceptors (Lipinski definition) is 5. The maximum absolute atomic E-state index is 14.9. The molecular weight excluding hydrogens is 659 g/mol. The van der Waals surface area contributed by atoms with E-state index in [1.54, 1.807) is 4.90 Å². The van der Waals surface area contributed by atoms with Gasteiger partial charge >= 0.3 is 5.97 Å². The second kappa shape index (κ2) is 15.6. The summed E-state index contributed by atoms with van der Waals surface area (Å²) in [7, 11) is 0. The molecule has 0 spiro atoms. The summed E-state index contributed by atoms with van der Waals surface area (Å²) in [5.74, 6) is 0.786. The second-order valence-corrected chi connectivity index (χ2v) is 13.7. The Balaban J connectivity index is 1.24. The number of hydrogen-bond donors (Lipinski definition) is 2. The largest absolute Gasteiger partial charge is 0.488 e. The number of halogens is 3. The predicted octanol–water partition coefficient (Wildman–Crippen LogP) is 5.68. The summed E-state index contributed by atoms with van der Waals surface area (Å²) < 4.78 is 46.7. The first-order valence-corrected chi connectivity index (χ1v) is 17.5. The lowest BCUT2D eigenvalue weighted by atomic mass is 9.73. The van der Waals surface area contributed by atoms with Crippen LogP contribution in [0.15, 0.2) is 60.7 Å². The smallest absolute Gasteiger partial charge is 0.303 e. The van der Waals surface area contributed by atoms with E-state index in [0.29, 0.717) is 31.9 Å². The van der Waals surface area contributed by atoms with Crippen molar-refractivity contribution >= 4 is 17.8 Å². The molecule has 0 radical (unpaired) electrons. The summed E-state index contributed by atoms with van der Waals surface area (Å²) in [4.78, 5) is 43.6. The van der Waals surface area contributed by atoms with Gasteiger partial charge in [0.1, 0.15) is 6.04 Å². The molecule has 2 heterocycles. The molecule has 6 rings (SSSR count). The van der Waals surface area contributed by atoms with E-state index in [2.05, 4.69) is 41.4 Å². The minimum Gasteiger partial charge on any atom is -0.488 e. The Bertz CT molecular complexity index is 1820. The molecule has 1 saturated heterocycles.